The van der Waals surface area contributed by atoms with Gasteiger partial charge in [-0.15, -0.1) is 0 Å². The number of benzene rings is 2. The highest BCUT2D eigenvalue weighted by Crippen LogP contribution is 2.43. The summed E-state index contributed by atoms with van der Waals surface area (Å²) in [6.07, 6.45) is 0.921. The standard InChI is InChI=1S/C24H29NO/c1-8-17-12-19-20(11-15(17)4)24(6,7)23(25)21(22(19)26)18-10-14(3)13(2)9-16(18)5/h9-12H,8,25H2,1-7H3. The van der Waals surface area contributed by atoms with Crippen LogP contribution < -0.4 is 5.73 Å². The molecule has 1 aliphatic rings. The van der Waals surface area contributed by atoms with Gasteiger partial charge in [0.15, 0.2) is 5.78 Å². The summed E-state index contributed by atoms with van der Waals surface area (Å²) in [5.41, 5.74) is 16.4. The molecule has 2 aromatic carbocycles. The molecule has 0 heterocycles. The molecule has 3 rings (SSSR count). The molecule has 0 saturated heterocycles. The van der Waals surface area contributed by atoms with Gasteiger partial charge in [0.1, 0.15) is 0 Å². The van der Waals surface area contributed by atoms with Crippen molar-refractivity contribution in [1.29, 1.82) is 0 Å². The Morgan fingerprint density at radius 3 is 2.08 bits per heavy atom. The van der Waals surface area contributed by atoms with Crippen molar-refractivity contribution in [2.75, 3.05) is 0 Å². The molecule has 0 unspecified atom stereocenters. The number of carbonyl (C=O) groups excluding carboxylic acids is 1. The first-order chi connectivity index (χ1) is 12.1. The predicted octanol–water partition coefficient (Wildman–Crippen LogP) is 5.33. The zero-order valence-electron chi connectivity index (χ0n) is 17.0. The van der Waals surface area contributed by atoms with Crippen molar-refractivity contribution in [3.05, 3.63) is 74.5 Å². The lowest BCUT2D eigenvalue weighted by molar-refractivity contribution is 0.105. The van der Waals surface area contributed by atoms with Crippen molar-refractivity contribution in [1.82, 2.24) is 0 Å². The van der Waals surface area contributed by atoms with Crippen molar-refractivity contribution >= 4 is 11.4 Å². The largest absolute Gasteiger partial charge is 0.401 e. The summed E-state index contributed by atoms with van der Waals surface area (Å²) in [6.45, 7) is 14.7. The topological polar surface area (TPSA) is 43.1 Å². The second-order valence-corrected chi connectivity index (χ2v) is 8.17. The molecule has 0 radical (unpaired) electrons. The van der Waals surface area contributed by atoms with E-state index in [9.17, 15) is 4.79 Å². The van der Waals surface area contributed by atoms with Gasteiger partial charge in [0.05, 0.1) is 0 Å². The van der Waals surface area contributed by atoms with E-state index in [1.807, 2.05) is 0 Å². The van der Waals surface area contributed by atoms with Crippen molar-refractivity contribution < 1.29 is 4.79 Å². The Bertz CT molecular complexity index is 961. The number of ketones is 1. The number of allylic oxidation sites excluding steroid dienone is 2. The van der Waals surface area contributed by atoms with Gasteiger partial charge in [-0.25, -0.2) is 0 Å². The molecule has 0 aliphatic heterocycles. The Morgan fingerprint density at radius 1 is 0.846 bits per heavy atom. The molecule has 26 heavy (non-hydrogen) atoms. The lowest BCUT2D eigenvalue weighted by Gasteiger charge is -2.35. The summed E-state index contributed by atoms with van der Waals surface area (Å²) >= 11 is 0. The molecule has 136 valence electrons. The number of rotatable bonds is 2. The molecule has 2 heteroatoms. The van der Waals surface area contributed by atoms with Crippen LogP contribution in [0.15, 0.2) is 30.0 Å². The zero-order chi connectivity index (χ0) is 19.4. The molecule has 0 bridgehead atoms. The van der Waals surface area contributed by atoms with E-state index >= 15 is 0 Å². The van der Waals surface area contributed by atoms with Gasteiger partial charge in [0.25, 0.3) is 0 Å². The van der Waals surface area contributed by atoms with Crippen molar-refractivity contribution in [3.8, 4) is 0 Å². The average Bonchev–Trinajstić information content (AvgIpc) is 2.57. The predicted molar refractivity (Wildman–Crippen MR) is 110 cm³/mol. The van der Waals surface area contributed by atoms with Crippen LogP contribution in [0.5, 0.6) is 0 Å². The van der Waals surface area contributed by atoms with Gasteiger partial charge in [-0.2, -0.15) is 0 Å². The first-order valence-electron chi connectivity index (χ1n) is 9.36. The Morgan fingerprint density at radius 2 is 1.46 bits per heavy atom. The molecule has 2 nitrogen and oxygen atoms in total. The molecule has 2 N–H and O–H groups in total. The van der Waals surface area contributed by atoms with Crippen LogP contribution in [0.1, 0.15) is 70.1 Å². The monoisotopic (exact) mass is 347 g/mol. The third-order valence-corrected chi connectivity index (χ3v) is 6.05. The van der Waals surface area contributed by atoms with E-state index < -0.39 is 0 Å². The normalized spacial score (nSPS) is 16.0. The summed E-state index contributed by atoms with van der Waals surface area (Å²) in [7, 11) is 0. The molecule has 0 fully saturated rings. The fourth-order valence-corrected chi connectivity index (χ4v) is 4.05. The number of hydrogen-bond acceptors (Lipinski definition) is 2. The van der Waals surface area contributed by atoms with Gasteiger partial charge in [-0.3, -0.25) is 4.79 Å². The number of hydrogen-bond donors (Lipinski definition) is 1. The summed E-state index contributed by atoms with van der Waals surface area (Å²) in [5.74, 6) is 0.0536. The van der Waals surface area contributed by atoms with Crippen molar-refractivity contribution in [2.45, 2.75) is 60.3 Å². The molecular weight excluding hydrogens is 318 g/mol. The summed E-state index contributed by atoms with van der Waals surface area (Å²) < 4.78 is 0. The zero-order valence-corrected chi connectivity index (χ0v) is 17.0. The molecule has 0 aromatic heterocycles. The van der Waals surface area contributed by atoms with E-state index in [1.54, 1.807) is 0 Å². The van der Waals surface area contributed by atoms with Crippen molar-refractivity contribution in [2.24, 2.45) is 5.73 Å². The van der Waals surface area contributed by atoms with Crippen LogP contribution in [0.25, 0.3) is 5.57 Å². The molecule has 1 aliphatic carbocycles. The maximum absolute atomic E-state index is 13.5. The number of Topliss-reactive ketones (excluding diaryl/α,β-unsaturated/α-hetero) is 1. The van der Waals surface area contributed by atoms with Crippen LogP contribution >= 0.6 is 0 Å². The highest BCUT2D eigenvalue weighted by Gasteiger charge is 2.39. The minimum absolute atomic E-state index is 0.0536. The number of nitrogens with two attached hydrogens (primary N) is 1. The van der Waals surface area contributed by atoms with Gasteiger partial charge in [0.2, 0.25) is 0 Å². The maximum atomic E-state index is 13.5. The van der Waals surface area contributed by atoms with Crippen molar-refractivity contribution in [3.63, 3.8) is 0 Å². The van der Waals surface area contributed by atoms with Gasteiger partial charge >= 0.3 is 0 Å². The summed E-state index contributed by atoms with van der Waals surface area (Å²) in [5, 5.41) is 0. The fourth-order valence-electron chi connectivity index (χ4n) is 4.05. The van der Waals surface area contributed by atoms with E-state index in [-0.39, 0.29) is 11.2 Å². The lowest BCUT2D eigenvalue weighted by Crippen LogP contribution is -2.35. The van der Waals surface area contributed by atoms with Crippen LogP contribution in [-0.4, -0.2) is 5.78 Å². The molecule has 2 aromatic rings. The van der Waals surface area contributed by atoms with Crippen LogP contribution in [0, 0.1) is 27.7 Å². The van der Waals surface area contributed by atoms with E-state index in [2.05, 4.69) is 72.7 Å². The average molecular weight is 348 g/mol. The van der Waals surface area contributed by atoms with Gasteiger partial charge in [0, 0.05) is 22.2 Å². The van der Waals surface area contributed by atoms with E-state index in [0.29, 0.717) is 11.3 Å². The Labute approximate surface area is 157 Å². The number of fused-ring (bicyclic) bond motifs is 1. The minimum Gasteiger partial charge on any atom is -0.401 e. The molecule has 0 atom stereocenters. The molecule has 0 amide bonds. The summed E-state index contributed by atoms with van der Waals surface area (Å²) in [6, 6.07) is 8.49. The Hall–Kier alpha value is -2.35. The first kappa shape index (κ1) is 18.4. The Balaban J connectivity index is 2.33. The quantitative estimate of drug-likeness (QED) is 0.798. The highest BCUT2D eigenvalue weighted by atomic mass is 16.1. The lowest BCUT2D eigenvalue weighted by atomic mass is 9.69. The third-order valence-electron chi connectivity index (χ3n) is 6.05. The van der Waals surface area contributed by atoms with Crippen LogP contribution in [0.4, 0.5) is 0 Å². The molecular formula is C24H29NO. The van der Waals surface area contributed by atoms with Crippen LogP contribution in [0.2, 0.25) is 0 Å². The fraction of sp³-hybridized carbons (Fsp3) is 0.375. The molecule has 0 saturated carbocycles. The minimum atomic E-state index is -0.374. The Kier molecular flexibility index (Phi) is 4.34. The second kappa shape index (κ2) is 6.12. The van der Waals surface area contributed by atoms with Gasteiger partial charge < -0.3 is 5.73 Å². The first-order valence-corrected chi connectivity index (χ1v) is 9.36. The van der Waals surface area contributed by atoms with E-state index in [0.717, 1.165) is 28.7 Å². The van der Waals surface area contributed by atoms with Crippen LogP contribution in [-0.2, 0) is 11.8 Å². The molecule has 0 spiro atoms. The van der Waals surface area contributed by atoms with Gasteiger partial charge in [-0.05, 0) is 79.1 Å². The van der Waals surface area contributed by atoms with E-state index in [4.69, 9.17) is 5.73 Å². The van der Waals surface area contributed by atoms with E-state index in [1.165, 1.54) is 22.3 Å². The third kappa shape index (κ3) is 2.59. The van der Waals surface area contributed by atoms with Crippen LogP contribution in [0.3, 0.4) is 0 Å². The number of carbonyl (C=O) groups is 1. The SMILES string of the molecule is CCc1cc2c(cc1C)C(C)(C)C(N)=C(c1cc(C)c(C)cc1C)C2=O. The summed E-state index contributed by atoms with van der Waals surface area (Å²) in [4.78, 5) is 13.5. The van der Waals surface area contributed by atoms with Gasteiger partial charge in [-0.1, -0.05) is 39.0 Å². The highest BCUT2D eigenvalue weighted by molar-refractivity contribution is 6.32. The number of aryl methyl sites for hydroxylation is 5. The second-order valence-electron chi connectivity index (χ2n) is 8.17. The maximum Gasteiger partial charge on any atom is 0.195 e. The smallest absolute Gasteiger partial charge is 0.195 e.